The maximum Gasteiger partial charge on any atom is 0.264 e. The quantitative estimate of drug-likeness (QED) is 0.429. The number of carbonyl (C=O) groups excluding carboxylic acids is 1. The molecule has 0 atom stereocenters. The van der Waals surface area contributed by atoms with Gasteiger partial charge in [0.15, 0.2) is 11.5 Å². The Morgan fingerprint density at radius 3 is 2.13 bits per heavy atom. The Labute approximate surface area is 223 Å². The minimum Gasteiger partial charge on any atom is -0.493 e. The van der Waals surface area contributed by atoms with Crippen LogP contribution >= 0.6 is 0 Å². The molecule has 8 nitrogen and oxygen atoms in total. The van der Waals surface area contributed by atoms with Crippen LogP contribution in [0.15, 0.2) is 65.6 Å². The van der Waals surface area contributed by atoms with Crippen molar-refractivity contribution in [3.05, 3.63) is 77.6 Å². The van der Waals surface area contributed by atoms with E-state index < -0.39 is 10.0 Å². The van der Waals surface area contributed by atoms with Gasteiger partial charge in [-0.3, -0.25) is 9.10 Å². The molecule has 1 saturated heterocycles. The molecule has 3 aromatic carbocycles. The minimum atomic E-state index is -4.15. The van der Waals surface area contributed by atoms with Gasteiger partial charge < -0.3 is 19.3 Å². The molecule has 0 spiro atoms. The van der Waals surface area contributed by atoms with Gasteiger partial charge in [0.25, 0.3) is 10.0 Å². The smallest absolute Gasteiger partial charge is 0.264 e. The summed E-state index contributed by atoms with van der Waals surface area (Å²) in [6.07, 6.45) is 0. The number of nitrogens with zero attached hydrogens (tertiary/aromatic N) is 3. The highest BCUT2D eigenvalue weighted by Gasteiger charge is 2.31. The number of halogens is 1. The number of hydrogen-bond acceptors (Lipinski definition) is 6. The zero-order valence-electron chi connectivity index (χ0n) is 22.0. The van der Waals surface area contributed by atoms with Gasteiger partial charge >= 0.3 is 0 Å². The van der Waals surface area contributed by atoms with Crippen LogP contribution in [-0.4, -0.2) is 66.2 Å². The summed E-state index contributed by atoms with van der Waals surface area (Å²) in [7, 11) is -1.25. The number of sulfonamides is 1. The highest BCUT2D eigenvalue weighted by atomic mass is 32.2. The van der Waals surface area contributed by atoms with Gasteiger partial charge in [-0.1, -0.05) is 18.2 Å². The molecular formula is C28H32FN3O5S. The average molecular weight is 542 g/mol. The lowest BCUT2D eigenvalue weighted by Gasteiger charge is -2.37. The summed E-state index contributed by atoms with van der Waals surface area (Å²) in [4.78, 5) is 16.9. The van der Waals surface area contributed by atoms with Crippen molar-refractivity contribution in [2.75, 3.05) is 56.1 Å². The Morgan fingerprint density at radius 2 is 1.53 bits per heavy atom. The average Bonchev–Trinajstić information content (AvgIpc) is 2.90. The highest BCUT2D eigenvalue weighted by Crippen LogP contribution is 2.33. The monoisotopic (exact) mass is 541 g/mol. The van der Waals surface area contributed by atoms with Gasteiger partial charge in [0.2, 0.25) is 5.91 Å². The molecular weight excluding hydrogens is 509 g/mol. The molecule has 4 rings (SSSR count). The maximum absolute atomic E-state index is 14.2. The molecule has 0 saturated carbocycles. The van der Waals surface area contributed by atoms with Crippen molar-refractivity contribution in [2.45, 2.75) is 18.7 Å². The Balaban J connectivity index is 1.61. The fourth-order valence-corrected chi connectivity index (χ4v) is 6.06. The number of rotatable bonds is 8. The van der Waals surface area contributed by atoms with Crippen molar-refractivity contribution in [3.63, 3.8) is 0 Å². The standard InChI is InChI=1S/C28H32FN3O5S/c1-20-15-21(2)17-22(16-20)32(38(34,35)23-9-10-26(36-3)27(18-23)37-4)19-28(33)31-13-11-30(12-14-31)25-8-6-5-7-24(25)29/h5-10,15-18H,11-14,19H2,1-4H3. The molecule has 1 aliphatic heterocycles. The second-order valence-corrected chi connectivity index (χ2v) is 11.1. The van der Waals surface area contributed by atoms with Crippen LogP contribution < -0.4 is 18.7 Å². The summed E-state index contributed by atoms with van der Waals surface area (Å²) < 4.78 is 53.8. The molecule has 0 aromatic heterocycles. The molecule has 0 aliphatic carbocycles. The fourth-order valence-electron chi connectivity index (χ4n) is 4.64. The van der Waals surface area contributed by atoms with E-state index in [-0.39, 0.29) is 28.9 Å². The summed E-state index contributed by atoms with van der Waals surface area (Å²) in [6.45, 7) is 4.97. The van der Waals surface area contributed by atoms with Gasteiger partial charge in [0, 0.05) is 32.2 Å². The van der Waals surface area contributed by atoms with Crippen molar-refractivity contribution < 1.29 is 27.1 Å². The number of anilines is 2. The number of aryl methyl sites for hydroxylation is 2. The van der Waals surface area contributed by atoms with E-state index in [2.05, 4.69) is 0 Å². The minimum absolute atomic E-state index is 0.0218. The van der Waals surface area contributed by atoms with E-state index in [1.807, 2.05) is 24.8 Å². The van der Waals surface area contributed by atoms with E-state index >= 15 is 0 Å². The second-order valence-electron chi connectivity index (χ2n) is 9.19. The predicted molar refractivity (Wildman–Crippen MR) is 145 cm³/mol. The third-order valence-electron chi connectivity index (χ3n) is 6.54. The lowest BCUT2D eigenvalue weighted by atomic mass is 10.1. The van der Waals surface area contributed by atoms with Crippen molar-refractivity contribution in [2.24, 2.45) is 0 Å². The molecule has 3 aromatic rings. The molecule has 0 unspecified atom stereocenters. The van der Waals surface area contributed by atoms with E-state index in [4.69, 9.17) is 9.47 Å². The first-order valence-corrected chi connectivity index (χ1v) is 13.7. The number of para-hydroxylation sites is 1. The number of amides is 1. The van der Waals surface area contributed by atoms with Gasteiger partial charge in [-0.25, -0.2) is 12.8 Å². The number of methoxy groups -OCH3 is 2. The lowest BCUT2D eigenvalue weighted by Crippen LogP contribution is -2.52. The Kier molecular flexibility index (Phi) is 8.11. The van der Waals surface area contributed by atoms with Crippen LogP contribution in [0.4, 0.5) is 15.8 Å². The molecule has 1 fully saturated rings. The van der Waals surface area contributed by atoms with Crippen molar-refractivity contribution in [1.29, 1.82) is 0 Å². The van der Waals surface area contributed by atoms with Crippen molar-refractivity contribution in [3.8, 4) is 11.5 Å². The fraction of sp³-hybridized carbons (Fsp3) is 0.321. The van der Waals surface area contributed by atoms with Gasteiger partial charge in [0.05, 0.1) is 30.5 Å². The number of benzene rings is 3. The van der Waals surface area contributed by atoms with Gasteiger partial charge in [0.1, 0.15) is 12.4 Å². The summed E-state index contributed by atoms with van der Waals surface area (Å²) in [5.74, 6) is 0.0217. The zero-order valence-corrected chi connectivity index (χ0v) is 22.8. The van der Waals surface area contributed by atoms with Crippen LogP contribution in [0.3, 0.4) is 0 Å². The second kappa shape index (κ2) is 11.3. The number of hydrogen-bond donors (Lipinski definition) is 0. The van der Waals surface area contributed by atoms with Gasteiger partial charge in [-0.15, -0.1) is 0 Å². The van der Waals surface area contributed by atoms with Crippen LogP contribution in [0.5, 0.6) is 11.5 Å². The lowest BCUT2D eigenvalue weighted by molar-refractivity contribution is -0.129. The van der Waals surface area contributed by atoms with E-state index in [1.54, 1.807) is 35.2 Å². The Bertz CT molecular complexity index is 1400. The molecule has 0 radical (unpaired) electrons. The van der Waals surface area contributed by atoms with E-state index in [9.17, 15) is 17.6 Å². The molecule has 38 heavy (non-hydrogen) atoms. The van der Waals surface area contributed by atoms with Crippen LogP contribution in [0, 0.1) is 19.7 Å². The number of piperazine rings is 1. The third-order valence-corrected chi connectivity index (χ3v) is 8.31. The molecule has 0 bridgehead atoms. The first-order chi connectivity index (χ1) is 18.1. The summed E-state index contributed by atoms with van der Waals surface area (Å²) in [5.41, 5.74) is 2.64. The van der Waals surface area contributed by atoms with E-state index in [0.717, 1.165) is 15.4 Å². The number of ether oxygens (including phenoxy) is 2. The SMILES string of the molecule is COc1ccc(S(=O)(=O)N(CC(=O)N2CCN(c3ccccc3F)CC2)c2cc(C)cc(C)c2)cc1OC. The van der Waals surface area contributed by atoms with Crippen LogP contribution in [-0.2, 0) is 14.8 Å². The largest absolute Gasteiger partial charge is 0.493 e. The highest BCUT2D eigenvalue weighted by molar-refractivity contribution is 7.92. The normalized spacial score (nSPS) is 13.8. The molecule has 1 amide bonds. The topological polar surface area (TPSA) is 79.4 Å². The zero-order chi connectivity index (χ0) is 27.4. The third kappa shape index (κ3) is 5.70. The van der Waals surface area contributed by atoms with Crippen molar-refractivity contribution in [1.82, 2.24) is 4.90 Å². The predicted octanol–water partition coefficient (Wildman–Crippen LogP) is 4.00. The van der Waals surface area contributed by atoms with E-state index in [1.165, 1.54) is 38.5 Å². The van der Waals surface area contributed by atoms with Gasteiger partial charge in [-0.2, -0.15) is 0 Å². The van der Waals surface area contributed by atoms with Crippen molar-refractivity contribution >= 4 is 27.3 Å². The van der Waals surface area contributed by atoms with Gasteiger partial charge in [-0.05, 0) is 61.4 Å². The first kappa shape index (κ1) is 27.3. The summed E-state index contributed by atoms with van der Waals surface area (Å²) in [5, 5.41) is 0. The Morgan fingerprint density at radius 1 is 0.895 bits per heavy atom. The molecule has 0 N–H and O–H groups in total. The first-order valence-electron chi connectivity index (χ1n) is 12.2. The molecule has 1 heterocycles. The van der Waals surface area contributed by atoms with Crippen LogP contribution in [0.1, 0.15) is 11.1 Å². The van der Waals surface area contributed by atoms with E-state index in [0.29, 0.717) is 43.3 Å². The maximum atomic E-state index is 14.2. The summed E-state index contributed by atoms with van der Waals surface area (Å²) >= 11 is 0. The molecule has 1 aliphatic rings. The Hall–Kier alpha value is -3.79. The number of carbonyl (C=O) groups is 1. The molecule has 202 valence electrons. The molecule has 10 heteroatoms. The van der Waals surface area contributed by atoms with Crippen LogP contribution in [0.25, 0.3) is 0 Å². The van der Waals surface area contributed by atoms with Crippen LogP contribution in [0.2, 0.25) is 0 Å². The summed E-state index contributed by atoms with van der Waals surface area (Å²) in [6, 6.07) is 16.3.